The Morgan fingerprint density at radius 1 is 1.27 bits per heavy atom. The van der Waals surface area contributed by atoms with Gasteiger partial charge in [-0.25, -0.2) is 0 Å². The van der Waals surface area contributed by atoms with Crippen molar-refractivity contribution in [1.29, 1.82) is 0 Å². The number of allylic oxidation sites excluding steroid dienone is 2. The first kappa shape index (κ1) is 5.99. The van der Waals surface area contributed by atoms with Crippen LogP contribution in [0.4, 0.5) is 0 Å². The third-order valence-corrected chi connectivity index (χ3v) is 3.55. The Balaban J connectivity index is 2.07. The highest BCUT2D eigenvalue weighted by Crippen LogP contribution is 2.52. The summed E-state index contributed by atoms with van der Waals surface area (Å²) in [4.78, 5) is 11.2. The number of hydrogen-bond acceptors (Lipinski definition) is 1. The van der Waals surface area contributed by atoms with E-state index in [9.17, 15) is 4.79 Å². The Morgan fingerprint density at radius 2 is 2.18 bits per heavy atom. The van der Waals surface area contributed by atoms with Crippen molar-refractivity contribution in [3.8, 4) is 0 Å². The van der Waals surface area contributed by atoms with Crippen LogP contribution in [-0.2, 0) is 4.79 Å². The molecule has 0 unspecified atom stereocenters. The zero-order chi connectivity index (χ0) is 7.42. The summed E-state index contributed by atoms with van der Waals surface area (Å²) in [7, 11) is 0. The Morgan fingerprint density at radius 3 is 3.00 bits per heavy atom. The van der Waals surface area contributed by atoms with Gasteiger partial charge < -0.3 is 0 Å². The van der Waals surface area contributed by atoms with Crippen LogP contribution >= 0.6 is 0 Å². The second-order valence-electron chi connectivity index (χ2n) is 4.09. The van der Waals surface area contributed by atoms with Crippen LogP contribution in [0, 0.1) is 11.8 Å². The highest BCUT2D eigenvalue weighted by atomic mass is 16.1. The van der Waals surface area contributed by atoms with Crippen LogP contribution in [0.5, 0.6) is 0 Å². The highest BCUT2D eigenvalue weighted by molar-refractivity contribution is 6.04. The summed E-state index contributed by atoms with van der Waals surface area (Å²) in [6, 6.07) is 0. The van der Waals surface area contributed by atoms with E-state index in [1.54, 1.807) is 5.57 Å². The summed E-state index contributed by atoms with van der Waals surface area (Å²) >= 11 is 0. The lowest BCUT2D eigenvalue weighted by Gasteiger charge is -2.24. The topological polar surface area (TPSA) is 17.1 Å². The van der Waals surface area contributed by atoms with Crippen LogP contribution in [0.2, 0.25) is 0 Å². The molecule has 0 saturated heterocycles. The monoisotopic (exact) mass is 148 g/mol. The fraction of sp³-hybridized carbons (Fsp3) is 0.700. The highest BCUT2D eigenvalue weighted by Gasteiger charge is 2.45. The van der Waals surface area contributed by atoms with Gasteiger partial charge in [0.25, 0.3) is 0 Å². The van der Waals surface area contributed by atoms with E-state index in [0.29, 0.717) is 11.7 Å². The predicted molar refractivity (Wildman–Crippen MR) is 42.1 cm³/mol. The summed E-state index contributed by atoms with van der Waals surface area (Å²) < 4.78 is 0. The number of carbonyl (C=O) groups excluding carboxylic acids is 1. The van der Waals surface area contributed by atoms with Crippen molar-refractivity contribution < 1.29 is 4.79 Å². The summed E-state index contributed by atoms with van der Waals surface area (Å²) in [5, 5.41) is 0. The average Bonchev–Trinajstić information content (AvgIpc) is 2.43. The standard InChI is InChI=1S/C10H12O/c11-9-5-7-4-6-2-1-3-8(6)10(7)9/h6-7H,1-5H2/t6-,7+/m0/s1. The average molecular weight is 148 g/mol. The number of carbonyl (C=O) groups is 1. The molecule has 11 heavy (non-hydrogen) atoms. The maximum Gasteiger partial charge on any atom is 0.159 e. The molecule has 3 aliphatic carbocycles. The lowest BCUT2D eigenvalue weighted by atomic mass is 9.78. The number of rotatable bonds is 0. The molecule has 0 aliphatic heterocycles. The minimum Gasteiger partial charge on any atom is -0.295 e. The van der Waals surface area contributed by atoms with Gasteiger partial charge in [-0.2, -0.15) is 0 Å². The second-order valence-corrected chi connectivity index (χ2v) is 4.09. The van der Waals surface area contributed by atoms with Crippen molar-refractivity contribution in [1.82, 2.24) is 0 Å². The van der Waals surface area contributed by atoms with Crippen molar-refractivity contribution >= 4 is 5.78 Å². The van der Waals surface area contributed by atoms with Crippen molar-refractivity contribution in [2.75, 3.05) is 0 Å². The first-order valence-corrected chi connectivity index (χ1v) is 4.62. The van der Waals surface area contributed by atoms with Crippen molar-refractivity contribution in [3.05, 3.63) is 11.1 Å². The molecule has 0 bridgehead atoms. The minimum atomic E-state index is 0.467. The van der Waals surface area contributed by atoms with E-state index < -0.39 is 0 Å². The van der Waals surface area contributed by atoms with Gasteiger partial charge in [0, 0.05) is 6.42 Å². The Hall–Kier alpha value is -0.590. The zero-order valence-corrected chi connectivity index (χ0v) is 6.60. The summed E-state index contributed by atoms with van der Waals surface area (Å²) in [5.74, 6) is 2.01. The first-order valence-electron chi connectivity index (χ1n) is 4.62. The molecule has 3 aliphatic rings. The number of Topliss-reactive ketones (excluding diaryl/α,β-unsaturated/α-hetero) is 1. The van der Waals surface area contributed by atoms with Crippen molar-refractivity contribution in [2.45, 2.75) is 32.1 Å². The van der Waals surface area contributed by atoms with Gasteiger partial charge in [0.15, 0.2) is 5.78 Å². The van der Waals surface area contributed by atoms with Gasteiger partial charge in [-0.05, 0) is 43.1 Å². The van der Waals surface area contributed by atoms with Crippen molar-refractivity contribution in [3.63, 3.8) is 0 Å². The molecule has 0 spiro atoms. The summed E-state index contributed by atoms with van der Waals surface area (Å²) in [6.07, 6.45) is 6.13. The molecule has 3 rings (SSSR count). The number of fused-ring (bicyclic) bond motifs is 2. The van der Waals surface area contributed by atoms with E-state index in [1.165, 1.54) is 31.3 Å². The molecule has 58 valence electrons. The minimum absolute atomic E-state index is 0.467. The molecule has 1 heteroatoms. The van der Waals surface area contributed by atoms with E-state index in [0.717, 1.165) is 12.3 Å². The van der Waals surface area contributed by atoms with E-state index in [-0.39, 0.29) is 0 Å². The maximum absolute atomic E-state index is 11.2. The fourth-order valence-electron chi connectivity index (χ4n) is 3.05. The molecule has 0 amide bonds. The maximum atomic E-state index is 11.2. The molecule has 0 aromatic carbocycles. The molecular weight excluding hydrogens is 136 g/mol. The quantitative estimate of drug-likeness (QED) is 0.514. The van der Waals surface area contributed by atoms with Crippen LogP contribution in [0.15, 0.2) is 11.1 Å². The van der Waals surface area contributed by atoms with Gasteiger partial charge in [0.1, 0.15) is 0 Å². The van der Waals surface area contributed by atoms with Gasteiger partial charge in [0.2, 0.25) is 0 Å². The normalized spacial score (nSPS) is 40.5. The first-order chi connectivity index (χ1) is 5.36. The lowest BCUT2D eigenvalue weighted by Crippen LogP contribution is -2.25. The molecule has 0 radical (unpaired) electrons. The van der Waals surface area contributed by atoms with E-state index in [4.69, 9.17) is 0 Å². The van der Waals surface area contributed by atoms with E-state index in [2.05, 4.69) is 0 Å². The Bertz CT molecular complexity index is 262. The van der Waals surface area contributed by atoms with Crippen LogP contribution in [-0.4, -0.2) is 5.78 Å². The van der Waals surface area contributed by atoms with Crippen LogP contribution in [0.1, 0.15) is 32.1 Å². The molecule has 1 nitrogen and oxygen atoms in total. The van der Waals surface area contributed by atoms with E-state index >= 15 is 0 Å². The third kappa shape index (κ3) is 0.597. The molecule has 0 heterocycles. The molecule has 0 aromatic heterocycles. The molecule has 0 N–H and O–H groups in total. The molecular formula is C10H12O. The smallest absolute Gasteiger partial charge is 0.159 e. The number of ketones is 1. The largest absolute Gasteiger partial charge is 0.295 e. The summed E-state index contributed by atoms with van der Waals surface area (Å²) in [5.41, 5.74) is 2.83. The lowest BCUT2D eigenvalue weighted by molar-refractivity contribution is -0.120. The van der Waals surface area contributed by atoms with Gasteiger partial charge in [0.05, 0.1) is 0 Å². The van der Waals surface area contributed by atoms with E-state index in [1.807, 2.05) is 0 Å². The van der Waals surface area contributed by atoms with Gasteiger partial charge >= 0.3 is 0 Å². The zero-order valence-electron chi connectivity index (χ0n) is 6.60. The van der Waals surface area contributed by atoms with Crippen LogP contribution in [0.3, 0.4) is 0 Å². The van der Waals surface area contributed by atoms with Gasteiger partial charge in [-0.1, -0.05) is 5.57 Å². The molecule has 2 fully saturated rings. The van der Waals surface area contributed by atoms with Crippen molar-refractivity contribution in [2.24, 2.45) is 11.8 Å². The molecule has 2 atom stereocenters. The molecule has 2 saturated carbocycles. The summed E-state index contributed by atoms with van der Waals surface area (Å²) in [6.45, 7) is 0. The molecule has 0 aromatic rings. The Labute approximate surface area is 66.5 Å². The number of hydrogen-bond donors (Lipinski definition) is 0. The fourth-order valence-corrected chi connectivity index (χ4v) is 3.05. The van der Waals surface area contributed by atoms with Gasteiger partial charge in [-0.3, -0.25) is 4.79 Å². The van der Waals surface area contributed by atoms with Gasteiger partial charge in [-0.15, -0.1) is 0 Å². The Kier molecular flexibility index (Phi) is 0.961. The predicted octanol–water partition coefficient (Wildman–Crippen LogP) is 2.08. The van der Waals surface area contributed by atoms with Crippen LogP contribution < -0.4 is 0 Å². The second kappa shape index (κ2) is 1.77. The SMILES string of the molecule is O=C1C[C@H]2C[C@@H]3CCCC3=C12. The third-order valence-electron chi connectivity index (χ3n) is 3.55. The van der Waals surface area contributed by atoms with Crippen LogP contribution in [0.25, 0.3) is 0 Å².